The summed E-state index contributed by atoms with van der Waals surface area (Å²) in [5.74, 6) is 1.95. The molecule has 0 saturated heterocycles. The molecule has 0 radical (unpaired) electrons. The fourth-order valence-electron chi connectivity index (χ4n) is 5.94. The zero-order valence-corrected chi connectivity index (χ0v) is 27.1. The van der Waals surface area contributed by atoms with Crippen LogP contribution < -0.4 is 35.6 Å². The molecule has 0 bridgehead atoms. The fourth-order valence-corrected chi connectivity index (χ4v) is 5.94. The number of ether oxygens (including phenoxy) is 3. The lowest BCUT2D eigenvalue weighted by Crippen LogP contribution is -2.26. The van der Waals surface area contributed by atoms with E-state index in [4.69, 9.17) is 14.2 Å². The molecule has 0 spiro atoms. The molecular formula is C35H40N6O6. The summed E-state index contributed by atoms with van der Waals surface area (Å²) in [6.07, 6.45) is 5.36. The number of hydrogen-bond acceptors (Lipinski definition) is 9. The van der Waals surface area contributed by atoms with E-state index in [-0.39, 0.29) is 23.3 Å². The van der Waals surface area contributed by atoms with Crippen molar-refractivity contribution in [1.29, 1.82) is 0 Å². The maximum atomic E-state index is 13.5. The lowest BCUT2D eigenvalue weighted by molar-refractivity contribution is -0.119. The predicted octanol–water partition coefficient (Wildman–Crippen LogP) is 5.26. The molecule has 12 nitrogen and oxygen atoms in total. The Hall–Kier alpha value is -5.39. The van der Waals surface area contributed by atoms with Crippen molar-refractivity contribution in [3.8, 4) is 39.8 Å². The van der Waals surface area contributed by atoms with Crippen molar-refractivity contribution in [2.24, 2.45) is 0 Å². The van der Waals surface area contributed by atoms with Crippen LogP contribution >= 0.6 is 0 Å². The van der Waals surface area contributed by atoms with E-state index in [1.54, 1.807) is 33.5 Å². The smallest absolute Gasteiger partial charge is 0.224 e. The highest BCUT2D eigenvalue weighted by atomic mass is 16.5. The second-order valence-electron chi connectivity index (χ2n) is 11.3. The third kappa shape index (κ3) is 7.71. The van der Waals surface area contributed by atoms with Crippen LogP contribution in [0.5, 0.6) is 17.2 Å². The van der Waals surface area contributed by atoms with Crippen molar-refractivity contribution in [3.05, 3.63) is 76.2 Å². The van der Waals surface area contributed by atoms with Gasteiger partial charge in [-0.05, 0) is 84.8 Å². The van der Waals surface area contributed by atoms with E-state index < -0.39 is 0 Å². The van der Waals surface area contributed by atoms with Gasteiger partial charge in [0.05, 0.1) is 33.1 Å². The molecule has 0 saturated carbocycles. The zero-order valence-electron chi connectivity index (χ0n) is 27.1. The number of benzene rings is 2. The molecule has 1 aliphatic carbocycles. The van der Waals surface area contributed by atoms with Gasteiger partial charge in [-0.2, -0.15) is 5.10 Å². The number of rotatable bonds is 13. The number of aromatic nitrogens is 3. The van der Waals surface area contributed by atoms with Gasteiger partial charge in [0.2, 0.25) is 23.0 Å². The Balaban J connectivity index is 1.24. The monoisotopic (exact) mass is 640 g/mol. The molecule has 1 aliphatic rings. The van der Waals surface area contributed by atoms with E-state index in [1.807, 2.05) is 36.4 Å². The van der Waals surface area contributed by atoms with Gasteiger partial charge in [0, 0.05) is 36.7 Å². The number of unbranched alkanes of at least 4 members (excludes halogenated alkanes) is 2. The second kappa shape index (κ2) is 15.3. The number of anilines is 2. The largest absolute Gasteiger partial charge is 0.493 e. The van der Waals surface area contributed by atoms with Crippen LogP contribution in [-0.4, -0.2) is 54.9 Å². The molecule has 2 amide bonds. The topological polar surface area (TPSA) is 157 Å². The fraction of sp³-hybridized carbons (Fsp3) is 0.343. The van der Waals surface area contributed by atoms with Crippen LogP contribution in [-0.2, 0) is 16.0 Å². The van der Waals surface area contributed by atoms with E-state index in [9.17, 15) is 14.4 Å². The Bertz CT molecular complexity index is 1780. The first-order valence-corrected chi connectivity index (χ1v) is 15.6. The first kappa shape index (κ1) is 33.0. The van der Waals surface area contributed by atoms with Crippen LogP contribution in [0.15, 0.2) is 59.7 Å². The van der Waals surface area contributed by atoms with Gasteiger partial charge in [0.25, 0.3) is 0 Å². The number of fused-ring (bicyclic) bond motifs is 3. The van der Waals surface area contributed by atoms with Crippen LogP contribution in [0.3, 0.4) is 0 Å². The minimum atomic E-state index is -0.373. The molecule has 5 rings (SSSR count). The summed E-state index contributed by atoms with van der Waals surface area (Å²) < 4.78 is 17.1. The molecule has 0 unspecified atom stereocenters. The first-order chi connectivity index (χ1) is 22.8. The maximum absolute atomic E-state index is 13.5. The van der Waals surface area contributed by atoms with Gasteiger partial charge in [-0.1, -0.05) is 12.5 Å². The highest BCUT2D eigenvalue weighted by molar-refractivity contribution is 5.91. The summed E-state index contributed by atoms with van der Waals surface area (Å²) in [6, 6.07) is 14.2. The zero-order chi connectivity index (χ0) is 33.3. The normalized spacial score (nSPS) is 13.4. The van der Waals surface area contributed by atoms with E-state index >= 15 is 0 Å². The number of nitrogens with zero attached hydrogens (tertiary/aromatic N) is 2. The van der Waals surface area contributed by atoms with Crippen molar-refractivity contribution in [1.82, 2.24) is 20.5 Å². The van der Waals surface area contributed by atoms with E-state index in [2.05, 4.69) is 31.1 Å². The quantitative estimate of drug-likeness (QED) is 0.143. The summed E-state index contributed by atoms with van der Waals surface area (Å²) in [6.45, 7) is 2.04. The molecule has 12 heteroatoms. The third-order valence-corrected chi connectivity index (χ3v) is 8.17. The number of nitrogens with one attached hydrogen (secondary N) is 4. The summed E-state index contributed by atoms with van der Waals surface area (Å²) in [4.78, 5) is 42.3. The number of methoxy groups -OCH3 is 3. The summed E-state index contributed by atoms with van der Waals surface area (Å²) in [5.41, 5.74) is 5.13. The van der Waals surface area contributed by atoms with Crippen LogP contribution in [0.1, 0.15) is 56.2 Å². The minimum absolute atomic E-state index is 0.0533. The molecule has 3 aromatic carbocycles. The lowest BCUT2D eigenvalue weighted by atomic mass is 9.95. The number of aryl methyl sites for hydroxylation is 1. The van der Waals surface area contributed by atoms with Gasteiger partial charge in [0.15, 0.2) is 17.3 Å². The van der Waals surface area contributed by atoms with Crippen LogP contribution in [0.25, 0.3) is 22.5 Å². The van der Waals surface area contributed by atoms with Gasteiger partial charge >= 0.3 is 0 Å². The molecule has 4 aromatic rings. The standard InChI is InChI=1S/C35H40N6O6/c1-21(42)39-27-15-11-23-18-30(45-2)33(46-3)34(47-4)32(23)25-14-16-28(29(43)19-26(25)27)36-17-7-5-6-8-31(44)40-24-12-9-22(10-13-24)35-37-20-38-41-35/h9-10,12-14,16,18-20,27H,5-8,11,15,17H2,1-4H3,(H,36,43)(H,39,42)(H,40,44)(H,37,38,41)/t27-/m0/s1. The Kier molecular flexibility index (Phi) is 10.7. The molecule has 0 fully saturated rings. The number of carbonyl (C=O) groups is 2. The highest BCUT2D eigenvalue weighted by Crippen LogP contribution is 2.50. The molecule has 0 aliphatic heterocycles. The maximum Gasteiger partial charge on any atom is 0.224 e. The summed E-state index contributed by atoms with van der Waals surface area (Å²) in [7, 11) is 4.71. The van der Waals surface area contributed by atoms with Gasteiger partial charge in [-0.25, -0.2) is 4.98 Å². The Labute approximate surface area is 273 Å². The molecule has 4 N–H and O–H groups in total. The highest BCUT2D eigenvalue weighted by Gasteiger charge is 2.29. The molecular weight excluding hydrogens is 600 g/mol. The number of H-pyrrole nitrogens is 1. The Morgan fingerprint density at radius 2 is 1.74 bits per heavy atom. The van der Waals surface area contributed by atoms with Crippen molar-refractivity contribution >= 4 is 23.2 Å². The second-order valence-corrected chi connectivity index (χ2v) is 11.3. The molecule has 1 heterocycles. The molecule has 1 aromatic heterocycles. The van der Waals surface area contributed by atoms with Gasteiger partial charge in [-0.3, -0.25) is 19.5 Å². The molecule has 246 valence electrons. The minimum Gasteiger partial charge on any atom is -0.493 e. The molecule has 47 heavy (non-hydrogen) atoms. The summed E-state index contributed by atoms with van der Waals surface area (Å²) in [5, 5.41) is 15.9. The van der Waals surface area contributed by atoms with Gasteiger partial charge in [0.1, 0.15) is 6.33 Å². The van der Waals surface area contributed by atoms with E-state index in [1.165, 1.54) is 13.3 Å². The average Bonchev–Trinajstić information content (AvgIpc) is 3.51. The van der Waals surface area contributed by atoms with Crippen molar-refractivity contribution in [2.45, 2.75) is 51.5 Å². The Morgan fingerprint density at radius 3 is 2.43 bits per heavy atom. The lowest BCUT2D eigenvalue weighted by Gasteiger charge is -2.19. The summed E-state index contributed by atoms with van der Waals surface area (Å²) >= 11 is 0. The van der Waals surface area contributed by atoms with Crippen molar-refractivity contribution in [3.63, 3.8) is 0 Å². The SMILES string of the molecule is COc1cc2c(c(OC)c1OC)-c1ccc(NCCCCCC(=O)Nc3ccc(-c4ncn[nH]4)cc3)c(=O)cc1[C@@H](NC(C)=O)CC2. The molecule has 1 atom stereocenters. The number of amides is 2. The van der Waals surface area contributed by atoms with E-state index in [0.717, 1.165) is 40.8 Å². The van der Waals surface area contributed by atoms with E-state index in [0.29, 0.717) is 66.6 Å². The van der Waals surface area contributed by atoms with Gasteiger partial charge in [-0.15, -0.1) is 0 Å². The van der Waals surface area contributed by atoms with Crippen molar-refractivity contribution in [2.75, 3.05) is 38.5 Å². The number of carbonyl (C=O) groups excluding carboxylic acids is 2. The third-order valence-electron chi connectivity index (χ3n) is 8.17. The van der Waals surface area contributed by atoms with Crippen LogP contribution in [0, 0.1) is 0 Å². The van der Waals surface area contributed by atoms with Crippen LogP contribution in [0.4, 0.5) is 11.4 Å². The number of aromatic amines is 1. The predicted molar refractivity (Wildman–Crippen MR) is 180 cm³/mol. The first-order valence-electron chi connectivity index (χ1n) is 15.6. The number of hydrogen-bond donors (Lipinski definition) is 4. The average molecular weight is 641 g/mol. The van der Waals surface area contributed by atoms with Crippen LogP contribution in [0.2, 0.25) is 0 Å². The van der Waals surface area contributed by atoms with Gasteiger partial charge < -0.3 is 30.2 Å². The van der Waals surface area contributed by atoms with Crippen molar-refractivity contribution < 1.29 is 23.8 Å². The Morgan fingerprint density at radius 1 is 0.957 bits per heavy atom.